The van der Waals surface area contributed by atoms with Crippen LogP contribution >= 0.6 is 11.3 Å². The second-order valence-corrected chi connectivity index (χ2v) is 2.95. The number of carbonyl (C=O) groups is 2. The molecule has 0 radical (unpaired) electrons. The number of hydrogen-bond donors (Lipinski definition) is 3. The number of aliphatic hydroxyl groups excluding tert-OH is 1. The zero-order valence-corrected chi connectivity index (χ0v) is 7.11. The summed E-state index contributed by atoms with van der Waals surface area (Å²) in [4.78, 5) is 26.3. The molecule has 0 aliphatic heterocycles. The van der Waals surface area contributed by atoms with E-state index in [4.69, 9.17) is 10.2 Å². The van der Waals surface area contributed by atoms with Gasteiger partial charge in [-0.3, -0.25) is 4.79 Å². The maximum absolute atomic E-state index is 10.3. The fourth-order valence-corrected chi connectivity index (χ4v) is 1.39. The molecule has 1 aromatic rings. The number of carbonyl (C=O) groups excluding carboxylic acids is 1. The number of aliphatic carboxylic acids is 1. The Hall–Kier alpha value is -1.47. The van der Waals surface area contributed by atoms with Crippen LogP contribution in [0.15, 0.2) is 10.4 Å². The van der Waals surface area contributed by atoms with Gasteiger partial charge in [-0.05, 0) is 0 Å². The summed E-state index contributed by atoms with van der Waals surface area (Å²) in [5, 5.41) is 18.8. The van der Waals surface area contributed by atoms with Crippen molar-refractivity contribution in [1.82, 2.24) is 4.98 Å². The molecule has 0 saturated carbocycles. The number of thiazole rings is 1. The molecule has 1 aromatic heterocycles. The van der Waals surface area contributed by atoms with Crippen molar-refractivity contribution in [3.05, 3.63) is 15.9 Å². The molecule has 1 heterocycles. The van der Waals surface area contributed by atoms with E-state index in [1.54, 1.807) is 0 Å². The SMILES string of the molecule is O=C/N=c1/[nH]c(C(O)C(=O)O)cs1. The standard InChI is InChI=1S/C6H6N2O4S/c9-2-7-6-8-3(1-13-6)4(10)5(11)12/h1-2,4,10H,(H,11,12)(H,7,8,9). The van der Waals surface area contributed by atoms with Gasteiger partial charge in [0.1, 0.15) is 0 Å². The predicted octanol–water partition coefficient (Wildman–Crippen LogP) is -0.749. The van der Waals surface area contributed by atoms with Crippen molar-refractivity contribution < 1.29 is 19.8 Å². The summed E-state index contributed by atoms with van der Waals surface area (Å²) in [5.41, 5.74) is 0.109. The maximum atomic E-state index is 10.3. The number of rotatable bonds is 3. The Morgan fingerprint density at radius 1 is 1.77 bits per heavy atom. The minimum Gasteiger partial charge on any atom is -0.479 e. The summed E-state index contributed by atoms with van der Waals surface area (Å²) in [6.07, 6.45) is -1.27. The van der Waals surface area contributed by atoms with Crippen molar-refractivity contribution in [2.75, 3.05) is 0 Å². The Morgan fingerprint density at radius 2 is 2.46 bits per heavy atom. The highest BCUT2D eigenvalue weighted by Crippen LogP contribution is 2.09. The van der Waals surface area contributed by atoms with Crippen LogP contribution in [0.25, 0.3) is 0 Å². The molecule has 1 unspecified atom stereocenters. The average Bonchev–Trinajstić information content (AvgIpc) is 2.52. The van der Waals surface area contributed by atoms with Gasteiger partial charge in [0.2, 0.25) is 6.41 Å². The second-order valence-electron chi connectivity index (χ2n) is 2.10. The Bertz CT molecular complexity index is 380. The number of carboxylic acids is 1. The van der Waals surface area contributed by atoms with Crippen LogP contribution in [0, 0.1) is 0 Å². The number of aromatic amines is 1. The smallest absolute Gasteiger partial charge is 0.338 e. The van der Waals surface area contributed by atoms with E-state index in [1.165, 1.54) is 5.38 Å². The van der Waals surface area contributed by atoms with E-state index in [-0.39, 0.29) is 10.5 Å². The third kappa shape index (κ3) is 2.23. The molecule has 1 amide bonds. The van der Waals surface area contributed by atoms with E-state index in [1.807, 2.05) is 0 Å². The summed E-state index contributed by atoms with van der Waals surface area (Å²) in [7, 11) is 0. The van der Waals surface area contributed by atoms with Gasteiger partial charge in [0, 0.05) is 5.38 Å². The quantitative estimate of drug-likeness (QED) is 0.561. The lowest BCUT2D eigenvalue weighted by Crippen LogP contribution is -2.12. The summed E-state index contributed by atoms with van der Waals surface area (Å²) >= 11 is 1.04. The van der Waals surface area contributed by atoms with Crippen molar-refractivity contribution >= 4 is 23.7 Å². The van der Waals surface area contributed by atoms with Crippen molar-refractivity contribution in [3.8, 4) is 0 Å². The molecule has 0 aliphatic rings. The number of carboxylic acid groups (broad SMARTS) is 1. The van der Waals surface area contributed by atoms with Crippen LogP contribution < -0.4 is 4.80 Å². The number of aromatic nitrogens is 1. The molecule has 0 spiro atoms. The van der Waals surface area contributed by atoms with Crippen LogP contribution in [-0.2, 0) is 9.59 Å². The zero-order chi connectivity index (χ0) is 9.84. The summed E-state index contributed by atoms with van der Waals surface area (Å²) < 4.78 is 0. The molecular formula is C6H6N2O4S. The van der Waals surface area contributed by atoms with Gasteiger partial charge in [0.05, 0.1) is 5.69 Å². The molecule has 1 rings (SSSR count). The van der Waals surface area contributed by atoms with Crippen LogP contribution in [-0.4, -0.2) is 27.6 Å². The Balaban J connectivity index is 2.98. The lowest BCUT2D eigenvalue weighted by molar-refractivity contribution is -0.147. The molecule has 3 N–H and O–H groups in total. The third-order valence-corrected chi connectivity index (χ3v) is 2.05. The van der Waals surface area contributed by atoms with Gasteiger partial charge in [-0.2, -0.15) is 4.99 Å². The highest BCUT2D eigenvalue weighted by molar-refractivity contribution is 7.07. The van der Waals surface area contributed by atoms with E-state index in [0.717, 1.165) is 11.3 Å². The minimum absolute atomic E-state index is 0.109. The van der Waals surface area contributed by atoms with Crippen LogP contribution in [0.2, 0.25) is 0 Å². The lowest BCUT2D eigenvalue weighted by Gasteiger charge is -1.99. The first-order valence-corrected chi connectivity index (χ1v) is 4.09. The number of H-pyrrole nitrogens is 1. The molecule has 0 bridgehead atoms. The van der Waals surface area contributed by atoms with E-state index in [2.05, 4.69) is 9.98 Å². The first kappa shape index (κ1) is 9.62. The van der Waals surface area contributed by atoms with E-state index < -0.39 is 12.1 Å². The van der Waals surface area contributed by atoms with Gasteiger partial charge in [-0.25, -0.2) is 4.79 Å². The Kier molecular flexibility index (Phi) is 2.93. The van der Waals surface area contributed by atoms with E-state index >= 15 is 0 Å². The first-order chi connectivity index (χ1) is 6.15. The van der Waals surface area contributed by atoms with E-state index in [9.17, 15) is 9.59 Å². The topological polar surface area (TPSA) is 103 Å². The van der Waals surface area contributed by atoms with Gasteiger partial charge in [-0.15, -0.1) is 11.3 Å². The highest BCUT2D eigenvalue weighted by Gasteiger charge is 2.16. The number of aliphatic hydroxyl groups is 1. The van der Waals surface area contributed by atoms with Crippen molar-refractivity contribution in [1.29, 1.82) is 0 Å². The van der Waals surface area contributed by atoms with Crippen LogP contribution in [0.5, 0.6) is 0 Å². The molecule has 0 aliphatic carbocycles. The summed E-state index contributed by atoms with van der Waals surface area (Å²) in [5.74, 6) is -1.35. The number of hydrogen-bond acceptors (Lipinski definition) is 4. The number of nitrogens with zero attached hydrogens (tertiary/aromatic N) is 1. The molecule has 7 heteroatoms. The molecule has 13 heavy (non-hydrogen) atoms. The normalized spacial score (nSPS) is 14.1. The molecule has 70 valence electrons. The maximum Gasteiger partial charge on any atom is 0.338 e. The van der Waals surface area contributed by atoms with Crippen LogP contribution in [0.3, 0.4) is 0 Å². The zero-order valence-electron chi connectivity index (χ0n) is 6.30. The largest absolute Gasteiger partial charge is 0.479 e. The van der Waals surface area contributed by atoms with E-state index in [0.29, 0.717) is 6.41 Å². The van der Waals surface area contributed by atoms with Gasteiger partial charge in [0.25, 0.3) is 0 Å². The molecule has 0 fully saturated rings. The van der Waals surface area contributed by atoms with Gasteiger partial charge >= 0.3 is 5.97 Å². The average molecular weight is 202 g/mol. The number of amides is 1. The third-order valence-electron chi connectivity index (χ3n) is 1.25. The van der Waals surface area contributed by atoms with Gasteiger partial charge in [0.15, 0.2) is 10.9 Å². The molecule has 6 nitrogen and oxygen atoms in total. The van der Waals surface area contributed by atoms with Gasteiger partial charge < -0.3 is 15.2 Å². The molecular weight excluding hydrogens is 196 g/mol. The van der Waals surface area contributed by atoms with Crippen molar-refractivity contribution in [2.24, 2.45) is 4.99 Å². The Labute approximate surface area is 76.2 Å². The first-order valence-electron chi connectivity index (χ1n) is 3.21. The summed E-state index contributed by atoms with van der Waals surface area (Å²) in [6.45, 7) is 0. The molecule has 0 saturated heterocycles. The minimum atomic E-state index is -1.60. The van der Waals surface area contributed by atoms with Gasteiger partial charge in [-0.1, -0.05) is 0 Å². The van der Waals surface area contributed by atoms with Crippen molar-refractivity contribution in [2.45, 2.75) is 6.10 Å². The Morgan fingerprint density at radius 3 is 3.00 bits per heavy atom. The summed E-state index contributed by atoms with van der Waals surface area (Å²) in [6, 6.07) is 0. The second kappa shape index (κ2) is 3.97. The van der Waals surface area contributed by atoms with Crippen LogP contribution in [0.4, 0.5) is 0 Å². The molecule has 1 atom stereocenters. The van der Waals surface area contributed by atoms with Crippen LogP contribution in [0.1, 0.15) is 11.8 Å². The monoisotopic (exact) mass is 202 g/mol. The fraction of sp³-hybridized carbons (Fsp3) is 0.167. The number of nitrogens with one attached hydrogen (secondary N) is 1. The van der Waals surface area contributed by atoms with Crippen molar-refractivity contribution in [3.63, 3.8) is 0 Å². The molecule has 0 aromatic carbocycles. The predicted molar refractivity (Wildman–Crippen MR) is 42.9 cm³/mol. The fourth-order valence-electron chi connectivity index (χ4n) is 0.678. The lowest BCUT2D eigenvalue weighted by atomic mass is 10.3. The highest BCUT2D eigenvalue weighted by atomic mass is 32.1.